The molecule has 4 amide bonds. The summed E-state index contributed by atoms with van der Waals surface area (Å²) in [6.45, 7) is -0.231. The summed E-state index contributed by atoms with van der Waals surface area (Å²) in [5, 5.41) is 24.7. The lowest BCUT2D eigenvalue weighted by Crippen LogP contribution is -2.57. The van der Waals surface area contributed by atoms with Crippen LogP contribution in [0.5, 0.6) is 0 Å². The van der Waals surface area contributed by atoms with Gasteiger partial charge in [0.15, 0.2) is 0 Å². The molecule has 0 bridgehead atoms. The van der Waals surface area contributed by atoms with E-state index in [1.165, 1.54) is 6.92 Å². The van der Waals surface area contributed by atoms with Crippen molar-refractivity contribution in [2.75, 3.05) is 19.7 Å². The van der Waals surface area contributed by atoms with Gasteiger partial charge in [-0.1, -0.05) is 0 Å². The standard InChI is InChI=1S/C11H21N5O6/c1-5(18)9(16-10(21)6(12)4-17)11(22)15-3-8(20)14-2-7(13)19/h5-6,9,17-18H,2-4,12H2,1H3,(H2,13,19)(H,14,20)(H,15,22)(H,16,21)/t5-,6+,9+/m1/s1. The molecule has 22 heavy (non-hydrogen) atoms. The molecule has 0 aromatic heterocycles. The van der Waals surface area contributed by atoms with Crippen LogP contribution in [0.25, 0.3) is 0 Å². The predicted octanol–water partition coefficient (Wildman–Crippen LogP) is -5.11. The van der Waals surface area contributed by atoms with Gasteiger partial charge in [0.1, 0.15) is 12.1 Å². The Morgan fingerprint density at radius 1 is 1.09 bits per heavy atom. The zero-order valence-corrected chi connectivity index (χ0v) is 12.0. The second kappa shape index (κ2) is 9.65. The van der Waals surface area contributed by atoms with Crippen LogP contribution in [0.2, 0.25) is 0 Å². The normalized spacial score (nSPS) is 14.4. The quantitative estimate of drug-likeness (QED) is 0.220. The van der Waals surface area contributed by atoms with E-state index in [-0.39, 0.29) is 6.54 Å². The van der Waals surface area contributed by atoms with Gasteiger partial charge in [-0.2, -0.15) is 0 Å². The summed E-state index contributed by atoms with van der Waals surface area (Å²) in [4.78, 5) is 45.0. The minimum atomic E-state index is -1.35. The van der Waals surface area contributed by atoms with Crippen LogP contribution in [-0.2, 0) is 19.2 Å². The first kappa shape index (κ1) is 19.8. The summed E-state index contributed by atoms with van der Waals surface area (Å²) in [6.07, 6.45) is -1.26. The fourth-order valence-electron chi connectivity index (χ4n) is 1.27. The highest BCUT2D eigenvalue weighted by molar-refractivity contribution is 5.92. The third-order valence-electron chi connectivity index (χ3n) is 2.48. The molecule has 3 atom stereocenters. The highest BCUT2D eigenvalue weighted by Crippen LogP contribution is 1.94. The molecule has 9 N–H and O–H groups in total. The number of aliphatic hydroxyl groups is 2. The summed E-state index contributed by atoms with van der Waals surface area (Å²) >= 11 is 0. The van der Waals surface area contributed by atoms with Gasteiger partial charge in [0, 0.05) is 0 Å². The summed E-state index contributed by atoms with van der Waals surface area (Å²) in [6, 6.07) is -2.60. The second-order valence-corrected chi connectivity index (χ2v) is 4.48. The van der Waals surface area contributed by atoms with E-state index >= 15 is 0 Å². The Hall–Kier alpha value is -2.24. The van der Waals surface area contributed by atoms with Gasteiger partial charge in [0.05, 0.1) is 25.8 Å². The largest absolute Gasteiger partial charge is 0.394 e. The van der Waals surface area contributed by atoms with E-state index in [0.717, 1.165) is 0 Å². The van der Waals surface area contributed by atoms with Gasteiger partial charge in [-0.05, 0) is 6.92 Å². The number of nitrogens with one attached hydrogen (secondary N) is 3. The minimum absolute atomic E-state index is 0.378. The first-order valence-corrected chi connectivity index (χ1v) is 6.36. The van der Waals surface area contributed by atoms with E-state index in [1.54, 1.807) is 0 Å². The average Bonchev–Trinajstić information content (AvgIpc) is 2.46. The molecule has 0 fully saturated rings. The number of hydrogen-bond donors (Lipinski definition) is 7. The maximum Gasteiger partial charge on any atom is 0.245 e. The van der Waals surface area contributed by atoms with Crippen LogP contribution in [0.3, 0.4) is 0 Å². The molecular weight excluding hydrogens is 298 g/mol. The lowest BCUT2D eigenvalue weighted by atomic mass is 10.1. The highest BCUT2D eigenvalue weighted by Gasteiger charge is 2.27. The molecular formula is C11H21N5O6. The van der Waals surface area contributed by atoms with Gasteiger partial charge in [0.25, 0.3) is 0 Å². The van der Waals surface area contributed by atoms with Crippen LogP contribution in [-0.4, -0.2) is 71.7 Å². The van der Waals surface area contributed by atoms with Crippen molar-refractivity contribution < 1.29 is 29.4 Å². The summed E-state index contributed by atoms with van der Waals surface area (Å²) < 4.78 is 0. The Morgan fingerprint density at radius 2 is 1.68 bits per heavy atom. The van der Waals surface area contributed by atoms with E-state index < -0.39 is 55.0 Å². The first-order valence-electron chi connectivity index (χ1n) is 6.36. The summed E-state index contributed by atoms with van der Waals surface area (Å²) in [7, 11) is 0. The fourth-order valence-corrected chi connectivity index (χ4v) is 1.27. The number of rotatable bonds is 9. The molecule has 0 unspecified atom stereocenters. The number of carbonyl (C=O) groups is 4. The van der Waals surface area contributed by atoms with E-state index in [0.29, 0.717) is 0 Å². The third-order valence-corrected chi connectivity index (χ3v) is 2.48. The zero-order valence-electron chi connectivity index (χ0n) is 12.0. The number of aliphatic hydroxyl groups excluding tert-OH is 2. The maximum atomic E-state index is 11.8. The molecule has 0 aromatic rings. The van der Waals surface area contributed by atoms with Crippen LogP contribution in [0.1, 0.15) is 6.92 Å². The number of nitrogens with two attached hydrogens (primary N) is 2. The minimum Gasteiger partial charge on any atom is -0.394 e. The van der Waals surface area contributed by atoms with Crippen molar-refractivity contribution in [3.63, 3.8) is 0 Å². The molecule has 11 heteroatoms. The van der Waals surface area contributed by atoms with E-state index in [4.69, 9.17) is 16.6 Å². The molecule has 0 rings (SSSR count). The lowest BCUT2D eigenvalue weighted by molar-refractivity contribution is -0.133. The van der Waals surface area contributed by atoms with Crippen molar-refractivity contribution in [2.24, 2.45) is 11.5 Å². The van der Waals surface area contributed by atoms with Crippen molar-refractivity contribution in [2.45, 2.75) is 25.1 Å². The maximum absolute atomic E-state index is 11.8. The number of hydrogen-bond acceptors (Lipinski definition) is 7. The molecule has 0 aromatic carbocycles. The monoisotopic (exact) mass is 319 g/mol. The molecule has 0 aliphatic heterocycles. The van der Waals surface area contributed by atoms with Crippen LogP contribution in [0.15, 0.2) is 0 Å². The Labute approximate surface area is 126 Å². The van der Waals surface area contributed by atoms with Gasteiger partial charge in [-0.15, -0.1) is 0 Å². The van der Waals surface area contributed by atoms with E-state index in [1.807, 2.05) is 0 Å². The van der Waals surface area contributed by atoms with Gasteiger partial charge >= 0.3 is 0 Å². The first-order chi connectivity index (χ1) is 10.2. The number of carbonyl (C=O) groups excluding carboxylic acids is 4. The van der Waals surface area contributed by atoms with Gasteiger partial charge in [-0.3, -0.25) is 19.2 Å². The highest BCUT2D eigenvalue weighted by atomic mass is 16.3. The zero-order chi connectivity index (χ0) is 17.3. The molecule has 0 aliphatic rings. The third kappa shape index (κ3) is 7.52. The van der Waals surface area contributed by atoms with Crippen molar-refractivity contribution >= 4 is 23.6 Å². The van der Waals surface area contributed by atoms with Gasteiger partial charge in [0.2, 0.25) is 23.6 Å². The smallest absolute Gasteiger partial charge is 0.245 e. The van der Waals surface area contributed by atoms with Crippen LogP contribution in [0.4, 0.5) is 0 Å². The Morgan fingerprint density at radius 3 is 2.14 bits per heavy atom. The summed E-state index contributed by atoms with van der Waals surface area (Å²) in [5.74, 6) is -3.08. The molecule has 0 heterocycles. The van der Waals surface area contributed by atoms with Crippen LogP contribution < -0.4 is 27.4 Å². The Bertz CT molecular complexity index is 427. The van der Waals surface area contributed by atoms with E-state index in [9.17, 15) is 24.3 Å². The van der Waals surface area contributed by atoms with E-state index in [2.05, 4.69) is 16.0 Å². The molecule has 0 saturated heterocycles. The second-order valence-electron chi connectivity index (χ2n) is 4.48. The Kier molecular flexibility index (Phi) is 8.67. The topological polar surface area (TPSA) is 197 Å². The fraction of sp³-hybridized carbons (Fsp3) is 0.636. The van der Waals surface area contributed by atoms with Gasteiger partial charge in [-0.25, -0.2) is 0 Å². The lowest BCUT2D eigenvalue weighted by Gasteiger charge is -2.22. The molecule has 11 nitrogen and oxygen atoms in total. The van der Waals surface area contributed by atoms with Crippen LogP contribution >= 0.6 is 0 Å². The summed E-state index contributed by atoms with van der Waals surface area (Å²) in [5.41, 5.74) is 10.1. The molecule has 126 valence electrons. The molecule has 0 radical (unpaired) electrons. The van der Waals surface area contributed by atoms with Crippen LogP contribution in [0, 0.1) is 0 Å². The van der Waals surface area contributed by atoms with Crippen molar-refractivity contribution in [1.29, 1.82) is 0 Å². The molecule has 0 saturated carbocycles. The van der Waals surface area contributed by atoms with Crippen molar-refractivity contribution in [3.05, 3.63) is 0 Å². The molecule has 0 aliphatic carbocycles. The molecule has 0 spiro atoms. The van der Waals surface area contributed by atoms with Crippen molar-refractivity contribution in [1.82, 2.24) is 16.0 Å². The SMILES string of the molecule is C[C@@H](O)[C@H](NC(=O)[C@@H](N)CO)C(=O)NCC(=O)NCC(N)=O. The Balaban J connectivity index is 4.46. The number of amides is 4. The predicted molar refractivity (Wildman–Crippen MR) is 73.9 cm³/mol. The van der Waals surface area contributed by atoms with Crippen molar-refractivity contribution in [3.8, 4) is 0 Å². The van der Waals surface area contributed by atoms with Gasteiger partial charge < -0.3 is 37.6 Å². The average molecular weight is 319 g/mol. The number of primary amides is 1.